The highest BCUT2D eigenvalue weighted by Gasteiger charge is 2.15. The van der Waals surface area contributed by atoms with Crippen LogP contribution in [0.5, 0.6) is 0 Å². The molecule has 0 rings (SSSR count). The van der Waals surface area contributed by atoms with Crippen LogP contribution in [0, 0.1) is 0 Å². The summed E-state index contributed by atoms with van der Waals surface area (Å²) < 4.78 is 42.3. The third kappa shape index (κ3) is 34.0. The summed E-state index contributed by atoms with van der Waals surface area (Å²) >= 11 is 0. The summed E-state index contributed by atoms with van der Waals surface area (Å²) in [6.45, 7) is 10.6. The quantitative estimate of drug-likeness (QED) is 0.0733. The Hall–Kier alpha value is -2.40. The normalized spacial score (nSPS) is 11.3. The monoisotopic (exact) mass is 624 g/mol. The maximum absolute atomic E-state index is 11.8. The Balaban J connectivity index is 3.32. The molecule has 2 amide bonds. The van der Waals surface area contributed by atoms with Crippen LogP contribution < -0.4 is 10.6 Å². The maximum atomic E-state index is 11.8. The summed E-state index contributed by atoms with van der Waals surface area (Å²) in [5.74, 6) is -1.49. The van der Waals surface area contributed by atoms with E-state index in [2.05, 4.69) is 10.6 Å². The van der Waals surface area contributed by atoms with E-state index in [9.17, 15) is 19.2 Å². The van der Waals surface area contributed by atoms with E-state index in [-0.39, 0.29) is 69.9 Å². The van der Waals surface area contributed by atoms with E-state index >= 15 is 0 Å². The minimum Gasteiger partial charge on any atom is -0.481 e. The molecule has 15 heteroatoms. The topological polar surface area (TPSA) is 186 Å². The predicted octanol–water partition coefficient (Wildman–Crippen LogP) is 0.322. The number of aliphatic carboxylic acids is 1. The molecule has 0 unspecified atom stereocenters. The van der Waals surface area contributed by atoms with Crippen LogP contribution in [0.2, 0.25) is 0 Å². The highest BCUT2D eigenvalue weighted by Crippen LogP contribution is 2.08. The maximum Gasteiger partial charge on any atom is 0.308 e. The van der Waals surface area contributed by atoms with Crippen LogP contribution in [0.25, 0.3) is 0 Å². The van der Waals surface area contributed by atoms with Gasteiger partial charge in [0, 0.05) is 25.9 Å². The summed E-state index contributed by atoms with van der Waals surface area (Å²) in [6.07, 6.45) is 0.602. The molecule has 0 aliphatic heterocycles. The van der Waals surface area contributed by atoms with E-state index in [0.717, 1.165) is 0 Å². The van der Waals surface area contributed by atoms with Crippen LogP contribution in [0.3, 0.4) is 0 Å². The zero-order valence-electron chi connectivity index (χ0n) is 26.0. The Morgan fingerprint density at radius 2 is 0.814 bits per heavy atom. The average Bonchev–Trinajstić information content (AvgIpc) is 2.93. The van der Waals surface area contributed by atoms with Crippen molar-refractivity contribution in [2.45, 2.75) is 52.1 Å². The predicted molar refractivity (Wildman–Crippen MR) is 154 cm³/mol. The molecule has 0 aromatic carbocycles. The van der Waals surface area contributed by atoms with E-state index in [0.29, 0.717) is 79.2 Å². The van der Waals surface area contributed by atoms with E-state index in [1.807, 2.05) is 20.8 Å². The molecule has 0 spiro atoms. The fourth-order valence-corrected chi connectivity index (χ4v) is 2.93. The lowest BCUT2D eigenvalue weighted by molar-refractivity contribution is -0.156. The fourth-order valence-electron chi connectivity index (χ4n) is 2.93. The van der Waals surface area contributed by atoms with Crippen molar-refractivity contribution in [3.8, 4) is 0 Å². The first-order valence-corrected chi connectivity index (χ1v) is 14.6. The number of ether oxygens (including phenoxy) is 8. The largest absolute Gasteiger partial charge is 0.481 e. The third-order valence-corrected chi connectivity index (χ3v) is 4.90. The summed E-state index contributed by atoms with van der Waals surface area (Å²) in [5.41, 5.74) is -0.503. The number of carboxylic acid groups (broad SMARTS) is 1. The van der Waals surface area contributed by atoms with Crippen LogP contribution in [0.15, 0.2) is 0 Å². The Bertz CT molecular complexity index is 732. The van der Waals surface area contributed by atoms with E-state index in [1.165, 1.54) is 0 Å². The average molecular weight is 625 g/mol. The van der Waals surface area contributed by atoms with Gasteiger partial charge in [-0.2, -0.15) is 0 Å². The summed E-state index contributed by atoms with van der Waals surface area (Å²) in [6, 6.07) is 0. The summed E-state index contributed by atoms with van der Waals surface area (Å²) in [4.78, 5) is 45.4. The number of esters is 1. The molecule has 0 saturated heterocycles. The number of carboxylic acids is 1. The van der Waals surface area contributed by atoms with Gasteiger partial charge in [0.2, 0.25) is 11.8 Å². The molecule has 0 bridgehead atoms. The molecular formula is C28H52N2O13. The highest BCUT2D eigenvalue weighted by atomic mass is 16.6. The molecule has 43 heavy (non-hydrogen) atoms. The standard InChI is InChI=1S/C28H52N2O13/c1-28(2,3)43-27(35)7-13-39-17-21-41-15-9-30-24(31)4-10-36-16-20-40-14-8-29-25(32)5-11-37-18-22-42-23-19-38-12-6-26(33)34/h4-23H2,1-3H3,(H,29,32)(H,30,31)(H,33,34). The van der Waals surface area contributed by atoms with Crippen LogP contribution >= 0.6 is 0 Å². The van der Waals surface area contributed by atoms with Crippen LogP contribution in [0.4, 0.5) is 0 Å². The first kappa shape index (κ1) is 40.6. The van der Waals surface area contributed by atoms with Crippen molar-refractivity contribution in [2.24, 2.45) is 0 Å². The van der Waals surface area contributed by atoms with E-state index < -0.39 is 11.6 Å². The zero-order chi connectivity index (χ0) is 32.0. The van der Waals surface area contributed by atoms with Gasteiger partial charge in [-0.15, -0.1) is 0 Å². The molecule has 3 N–H and O–H groups in total. The minimum absolute atomic E-state index is 0.0342. The second-order valence-corrected chi connectivity index (χ2v) is 9.97. The van der Waals surface area contributed by atoms with Crippen LogP contribution in [0.1, 0.15) is 46.5 Å². The van der Waals surface area contributed by atoms with Crippen LogP contribution in [-0.2, 0) is 57.1 Å². The second-order valence-electron chi connectivity index (χ2n) is 9.97. The zero-order valence-corrected chi connectivity index (χ0v) is 26.0. The Kier molecular flexibility index (Phi) is 26.8. The van der Waals surface area contributed by atoms with Crippen molar-refractivity contribution in [2.75, 3.05) is 106 Å². The second kappa shape index (κ2) is 28.4. The first-order chi connectivity index (χ1) is 20.6. The van der Waals surface area contributed by atoms with Crippen molar-refractivity contribution in [1.29, 1.82) is 0 Å². The van der Waals surface area contributed by atoms with Gasteiger partial charge in [-0.3, -0.25) is 19.2 Å². The number of carbonyl (C=O) groups excluding carboxylic acids is 3. The fraction of sp³-hybridized carbons (Fsp3) is 0.857. The van der Waals surface area contributed by atoms with Gasteiger partial charge in [-0.05, 0) is 20.8 Å². The molecule has 0 fully saturated rings. The lowest BCUT2D eigenvalue weighted by atomic mass is 10.2. The lowest BCUT2D eigenvalue weighted by Crippen LogP contribution is -2.29. The van der Waals surface area contributed by atoms with Gasteiger partial charge in [-0.25, -0.2) is 0 Å². The summed E-state index contributed by atoms with van der Waals surface area (Å²) in [7, 11) is 0. The van der Waals surface area contributed by atoms with Gasteiger partial charge in [0.25, 0.3) is 0 Å². The van der Waals surface area contributed by atoms with Crippen LogP contribution in [-0.4, -0.2) is 140 Å². The minimum atomic E-state index is -0.902. The molecule has 0 aromatic heterocycles. The van der Waals surface area contributed by atoms with Gasteiger partial charge in [0.05, 0.1) is 105 Å². The number of rotatable bonds is 30. The number of hydrogen-bond acceptors (Lipinski definition) is 12. The molecule has 0 heterocycles. The third-order valence-electron chi connectivity index (χ3n) is 4.90. The van der Waals surface area contributed by atoms with Crippen molar-refractivity contribution in [3.05, 3.63) is 0 Å². The lowest BCUT2D eigenvalue weighted by Gasteiger charge is -2.19. The van der Waals surface area contributed by atoms with Gasteiger partial charge in [0.15, 0.2) is 0 Å². The van der Waals surface area contributed by atoms with E-state index in [1.54, 1.807) is 0 Å². The van der Waals surface area contributed by atoms with Crippen molar-refractivity contribution >= 4 is 23.8 Å². The van der Waals surface area contributed by atoms with Gasteiger partial charge >= 0.3 is 11.9 Å². The molecule has 252 valence electrons. The Morgan fingerprint density at radius 3 is 1.19 bits per heavy atom. The molecule has 0 aliphatic carbocycles. The SMILES string of the molecule is CC(C)(C)OC(=O)CCOCCOCCNC(=O)CCOCCOCCNC(=O)CCOCCOCCOCCC(=O)O. The van der Waals surface area contributed by atoms with Gasteiger partial charge in [-0.1, -0.05) is 0 Å². The molecule has 0 saturated carbocycles. The Morgan fingerprint density at radius 1 is 0.488 bits per heavy atom. The van der Waals surface area contributed by atoms with Crippen molar-refractivity contribution < 1.29 is 62.2 Å². The molecule has 0 aromatic rings. The number of hydrogen-bond donors (Lipinski definition) is 3. The molecule has 0 aliphatic rings. The van der Waals surface area contributed by atoms with E-state index in [4.69, 9.17) is 43.0 Å². The van der Waals surface area contributed by atoms with Gasteiger partial charge in [0.1, 0.15) is 5.60 Å². The summed E-state index contributed by atoms with van der Waals surface area (Å²) in [5, 5.41) is 13.9. The number of carbonyl (C=O) groups is 4. The number of amides is 2. The molecule has 15 nitrogen and oxygen atoms in total. The van der Waals surface area contributed by atoms with Crippen molar-refractivity contribution in [3.63, 3.8) is 0 Å². The smallest absolute Gasteiger partial charge is 0.308 e. The number of nitrogens with one attached hydrogen (secondary N) is 2. The molecule has 0 radical (unpaired) electrons. The highest BCUT2D eigenvalue weighted by molar-refractivity contribution is 5.76. The van der Waals surface area contributed by atoms with Gasteiger partial charge < -0.3 is 53.6 Å². The Labute approximate surface area is 254 Å². The first-order valence-electron chi connectivity index (χ1n) is 14.6. The molecule has 0 atom stereocenters. The molecular weight excluding hydrogens is 572 g/mol. The van der Waals surface area contributed by atoms with Crippen molar-refractivity contribution in [1.82, 2.24) is 10.6 Å².